The third kappa shape index (κ3) is 4.60. The molecule has 1 aliphatic rings. The van der Waals surface area contributed by atoms with Gasteiger partial charge in [0, 0.05) is 25.7 Å². The molecule has 1 saturated heterocycles. The summed E-state index contributed by atoms with van der Waals surface area (Å²) < 4.78 is 5.32. The fourth-order valence-electron chi connectivity index (χ4n) is 1.72. The molecule has 0 aromatic heterocycles. The van der Waals surface area contributed by atoms with Crippen LogP contribution in [0.15, 0.2) is 0 Å². The van der Waals surface area contributed by atoms with E-state index in [0.29, 0.717) is 6.04 Å². The first-order valence-corrected chi connectivity index (χ1v) is 5.14. The van der Waals surface area contributed by atoms with Crippen LogP contribution in [-0.2, 0) is 4.74 Å². The van der Waals surface area contributed by atoms with Gasteiger partial charge in [0.25, 0.3) is 0 Å². The summed E-state index contributed by atoms with van der Waals surface area (Å²) in [5, 5.41) is 3.53. The molecule has 0 aliphatic carbocycles. The second kappa shape index (κ2) is 5.58. The predicted molar refractivity (Wildman–Crippen MR) is 54.9 cm³/mol. The predicted octanol–water partition coefficient (Wildman–Crippen LogP) is 0.563. The van der Waals surface area contributed by atoms with E-state index in [1.807, 2.05) is 0 Å². The van der Waals surface area contributed by atoms with E-state index in [1.165, 1.54) is 6.42 Å². The minimum absolute atomic E-state index is 0.579. The molecule has 1 heterocycles. The van der Waals surface area contributed by atoms with E-state index in [-0.39, 0.29) is 0 Å². The van der Waals surface area contributed by atoms with Crippen molar-refractivity contribution in [2.75, 3.05) is 40.4 Å². The van der Waals surface area contributed by atoms with Gasteiger partial charge in [-0.3, -0.25) is 0 Å². The summed E-state index contributed by atoms with van der Waals surface area (Å²) >= 11 is 0. The summed E-state index contributed by atoms with van der Waals surface area (Å²) in [6, 6.07) is 0.579. The van der Waals surface area contributed by atoms with Crippen LogP contribution in [0.1, 0.15) is 13.3 Å². The molecule has 1 rings (SSSR count). The number of ether oxygens (including phenoxy) is 1. The van der Waals surface area contributed by atoms with Crippen LogP contribution >= 0.6 is 0 Å². The second-order valence-electron chi connectivity index (χ2n) is 4.30. The first kappa shape index (κ1) is 11.0. The van der Waals surface area contributed by atoms with Gasteiger partial charge in [-0.15, -0.1) is 0 Å². The van der Waals surface area contributed by atoms with Crippen LogP contribution in [0.5, 0.6) is 0 Å². The number of hydrogen-bond donors (Lipinski definition) is 1. The van der Waals surface area contributed by atoms with Crippen LogP contribution in [0.25, 0.3) is 0 Å². The molecule has 0 spiro atoms. The highest BCUT2D eigenvalue weighted by Gasteiger charge is 2.15. The van der Waals surface area contributed by atoms with Crippen molar-refractivity contribution in [3.63, 3.8) is 0 Å². The topological polar surface area (TPSA) is 24.5 Å². The Morgan fingerprint density at radius 2 is 2.31 bits per heavy atom. The molecular weight excluding hydrogens is 164 g/mol. The Morgan fingerprint density at radius 3 is 2.85 bits per heavy atom. The summed E-state index contributed by atoms with van der Waals surface area (Å²) in [6.07, 6.45) is 1.22. The lowest BCUT2D eigenvalue weighted by Crippen LogP contribution is -2.38. The molecule has 0 radical (unpaired) electrons. The van der Waals surface area contributed by atoms with Crippen molar-refractivity contribution in [2.45, 2.75) is 19.4 Å². The molecule has 0 amide bonds. The maximum absolute atomic E-state index is 5.32. The highest BCUT2D eigenvalue weighted by molar-refractivity contribution is 4.70. The van der Waals surface area contributed by atoms with Crippen LogP contribution in [-0.4, -0.2) is 51.3 Å². The normalized spacial score (nSPS) is 25.4. The third-order valence-electron chi connectivity index (χ3n) is 2.42. The average Bonchev–Trinajstić information content (AvgIpc) is 2.51. The number of likely N-dealkylation sites (N-methyl/N-ethyl adjacent to an activating group) is 1. The van der Waals surface area contributed by atoms with Gasteiger partial charge in [0.1, 0.15) is 0 Å². The van der Waals surface area contributed by atoms with Crippen molar-refractivity contribution in [2.24, 2.45) is 5.92 Å². The first-order chi connectivity index (χ1) is 6.18. The molecule has 0 saturated carbocycles. The molecule has 0 aromatic carbocycles. The highest BCUT2D eigenvalue weighted by Crippen LogP contribution is 2.10. The SMILES string of the molecule is CC(CN(C)C)NCC1CCOC1. The van der Waals surface area contributed by atoms with Gasteiger partial charge in [-0.25, -0.2) is 0 Å². The lowest BCUT2D eigenvalue weighted by molar-refractivity contribution is 0.184. The molecule has 78 valence electrons. The Bertz CT molecular complexity index is 133. The molecule has 2 unspecified atom stereocenters. The Kier molecular flexibility index (Phi) is 4.70. The first-order valence-electron chi connectivity index (χ1n) is 5.14. The Balaban J connectivity index is 2.03. The van der Waals surface area contributed by atoms with Crippen LogP contribution in [0.2, 0.25) is 0 Å². The Morgan fingerprint density at radius 1 is 1.54 bits per heavy atom. The van der Waals surface area contributed by atoms with E-state index < -0.39 is 0 Å². The molecule has 3 nitrogen and oxygen atoms in total. The average molecular weight is 186 g/mol. The fourth-order valence-corrected chi connectivity index (χ4v) is 1.72. The molecule has 0 aromatic rings. The fraction of sp³-hybridized carbons (Fsp3) is 1.00. The number of rotatable bonds is 5. The minimum atomic E-state index is 0.579. The molecule has 1 N–H and O–H groups in total. The number of hydrogen-bond acceptors (Lipinski definition) is 3. The van der Waals surface area contributed by atoms with Crippen LogP contribution in [0.4, 0.5) is 0 Å². The van der Waals surface area contributed by atoms with Crippen LogP contribution < -0.4 is 5.32 Å². The zero-order valence-corrected chi connectivity index (χ0v) is 9.05. The Hall–Kier alpha value is -0.120. The zero-order valence-electron chi connectivity index (χ0n) is 9.05. The van der Waals surface area contributed by atoms with E-state index >= 15 is 0 Å². The van der Waals surface area contributed by atoms with Gasteiger partial charge < -0.3 is 15.0 Å². The maximum atomic E-state index is 5.32. The number of nitrogens with zero attached hydrogens (tertiary/aromatic N) is 1. The largest absolute Gasteiger partial charge is 0.381 e. The standard InChI is InChI=1S/C10H22N2O/c1-9(7-12(2)3)11-6-10-4-5-13-8-10/h9-11H,4-8H2,1-3H3. The van der Waals surface area contributed by atoms with Gasteiger partial charge in [-0.05, 0) is 33.4 Å². The van der Waals surface area contributed by atoms with Gasteiger partial charge in [0.15, 0.2) is 0 Å². The monoisotopic (exact) mass is 186 g/mol. The summed E-state index contributed by atoms with van der Waals surface area (Å²) in [6.45, 7) is 6.34. The molecule has 0 bridgehead atoms. The smallest absolute Gasteiger partial charge is 0.0507 e. The van der Waals surface area contributed by atoms with Crippen molar-refractivity contribution in [3.05, 3.63) is 0 Å². The molecule has 3 heteroatoms. The molecule has 1 fully saturated rings. The second-order valence-corrected chi connectivity index (χ2v) is 4.30. The van der Waals surface area contributed by atoms with Crippen molar-refractivity contribution < 1.29 is 4.74 Å². The van der Waals surface area contributed by atoms with E-state index in [0.717, 1.165) is 32.2 Å². The van der Waals surface area contributed by atoms with E-state index in [2.05, 4.69) is 31.2 Å². The molecule has 1 aliphatic heterocycles. The lowest BCUT2D eigenvalue weighted by Gasteiger charge is -2.19. The van der Waals surface area contributed by atoms with Gasteiger partial charge in [0.2, 0.25) is 0 Å². The third-order valence-corrected chi connectivity index (χ3v) is 2.42. The minimum Gasteiger partial charge on any atom is -0.381 e. The molecule has 2 atom stereocenters. The lowest BCUT2D eigenvalue weighted by atomic mass is 10.1. The van der Waals surface area contributed by atoms with Gasteiger partial charge >= 0.3 is 0 Å². The summed E-state index contributed by atoms with van der Waals surface area (Å²) in [5.74, 6) is 0.740. The molecule has 13 heavy (non-hydrogen) atoms. The quantitative estimate of drug-likeness (QED) is 0.679. The summed E-state index contributed by atoms with van der Waals surface area (Å²) in [5.41, 5.74) is 0. The van der Waals surface area contributed by atoms with Crippen molar-refractivity contribution in [1.82, 2.24) is 10.2 Å². The maximum Gasteiger partial charge on any atom is 0.0507 e. The highest BCUT2D eigenvalue weighted by atomic mass is 16.5. The van der Waals surface area contributed by atoms with Crippen LogP contribution in [0.3, 0.4) is 0 Å². The van der Waals surface area contributed by atoms with Crippen molar-refractivity contribution in [1.29, 1.82) is 0 Å². The molecular formula is C10H22N2O. The van der Waals surface area contributed by atoms with E-state index in [1.54, 1.807) is 0 Å². The zero-order chi connectivity index (χ0) is 9.68. The van der Waals surface area contributed by atoms with Crippen molar-refractivity contribution >= 4 is 0 Å². The van der Waals surface area contributed by atoms with Gasteiger partial charge in [-0.1, -0.05) is 0 Å². The summed E-state index contributed by atoms with van der Waals surface area (Å²) in [7, 11) is 4.22. The van der Waals surface area contributed by atoms with E-state index in [4.69, 9.17) is 4.74 Å². The van der Waals surface area contributed by atoms with Crippen molar-refractivity contribution in [3.8, 4) is 0 Å². The number of nitrogens with one attached hydrogen (secondary N) is 1. The Labute approximate surface area is 81.4 Å². The van der Waals surface area contributed by atoms with Gasteiger partial charge in [-0.2, -0.15) is 0 Å². The van der Waals surface area contributed by atoms with Crippen LogP contribution in [0, 0.1) is 5.92 Å². The van der Waals surface area contributed by atoms with Gasteiger partial charge in [0.05, 0.1) is 6.61 Å². The summed E-state index contributed by atoms with van der Waals surface area (Å²) in [4.78, 5) is 2.21. The van der Waals surface area contributed by atoms with E-state index in [9.17, 15) is 0 Å².